The van der Waals surface area contributed by atoms with Gasteiger partial charge in [0.1, 0.15) is 5.75 Å². The van der Waals surface area contributed by atoms with E-state index in [0.29, 0.717) is 0 Å². The molecule has 2 aromatic carbocycles. The van der Waals surface area contributed by atoms with Gasteiger partial charge in [-0.25, -0.2) is 0 Å². The van der Waals surface area contributed by atoms with Crippen LogP contribution >= 0.6 is 0 Å². The molecule has 0 aliphatic heterocycles. The molecule has 0 aliphatic rings. The lowest BCUT2D eigenvalue weighted by Gasteiger charge is -2.22. The zero-order chi connectivity index (χ0) is 13.0. The van der Waals surface area contributed by atoms with E-state index in [2.05, 4.69) is 6.07 Å². The maximum absolute atomic E-state index is 9.41. The lowest BCUT2D eigenvalue weighted by molar-refractivity contribution is 0.414. The van der Waals surface area contributed by atoms with Gasteiger partial charge in [-0.2, -0.15) is 5.26 Å². The third kappa shape index (κ3) is 2.06. The maximum atomic E-state index is 9.41. The lowest BCUT2D eigenvalue weighted by atomic mass is 9.85. The minimum absolute atomic E-state index is 0.743. The van der Waals surface area contributed by atoms with Gasteiger partial charge in [0.05, 0.1) is 13.2 Å². The molecule has 0 radical (unpaired) electrons. The van der Waals surface area contributed by atoms with E-state index in [1.54, 1.807) is 19.2 Å². The van der Waals surface area contributed by atoms with Crippen LogP contribution in [0.3, 0.4) is 0 Å². The second-order valence-corrected chi connectivity index (χ2v) is 4.01. The van der Waals surface area contributed by atoms with Gasteiger partial charge in [-0.3, -0.25) is 0 Å². The van der Waals surface area contributed by atoms with Crippen LogP contribution in [0.4, 0.5) is 0 Å². The van der Waals surface area contributed by atoms with Gasteiger partial charge in [-0.05, 0) is 23.3 Å². The number of methoxy groups -OCH3 is 1. The largest absolute Gasteiger partial charge is 0.497 e. The van der Waals surface area contributed by atoms with Gasteiger partial charge in [-0.1, -0.05) is 42.5 Å². The molecular weight excluding hydrogens is 224 g/mol. The minimum atomic E-state index is -1.13. The normalized spacial score (nSPS) is 13.4. The first-order valence-electron chi connectivity index (χ1n) is 5.61. The molecule has 1 atom stereocenters. The number of nitrogens with two attached hydrogens (primary N) is 1. The first-order valence-corrected chi connectivity index (χ1v) is 5.61. The average Bonchev–Trinajstić information content (AvgIpc) is 2.47. The molecule has 0 saturated carbocycles. The fourth-order valence-corrected chi connectivity index (χ4v) is 1.85. The molecule has 2 aromatic rings. The molecule has 2 N–H and O–H groups in total. The Morgan fingerprint density at radius 3 is 2.06 bits per heavy atom. The highest BCUT2D eigenvalue weighted by Crippen LogP contribution is 2.27. The van der Waals surface area contributed by atoms with Crippen LogP contribution in [0.15, 0.2) is 54.6 Å². The Bertz CT molecular complexity index is 557. The Balaban J connectivity index is 2.47. The van der Waals surface area contributed by atoms with Crippen molar-refractivity contribution in [1.29, 1.82) is 5.26 Å². The minimum Gasteiger partial charge on any atom is -0.497 e. The Morgan fingerprint density at radius 1 is 1.00 bits per heavy atom. The maximum Gasteiger partial charge on any atom is 0.155 e. The summed E-state index contributed by atoms with van der Waals surface area (Å²) in [5.41, 5.74) is 6.62. The van der Waals surface area contributed by atoms with Gasteiger partial charge in [0.2, 0.25) is 0 Å². The van der Waals surface area contributed by atoms with Crippen LogP contribution in [0.25, 0.3) is 0 Å². The Kier molecular flexibility index (Phi) is 3.31. The molecule has 0 aromatic heterocycles. The molecular formula is C15H14N2O. The first-order chi connectivity index (χ1) is 8.70. The SMILES string of the molecule is COc1ccc(C(N)(C#N)c2ccccc2)cc1. The van der Waals surface area contributed by atoms with Gasteiger partial charge < -0.3 is 10.5 Å². The quantitative estimate of drug-likeness (QED) is 0.893. The molecule has 18 heavy (non-hydrogen) atoms. The molecule has 90 valence electrons. The standard InChI is InChI=1S/C15H14N2O/c1-18-14-9-7-13(8-10-14)15(17,11-16)12-5-3-2-4-6-12/h2-10H,17H2,1H3. The highest BCUT2D eigenvalue weighted by Gasteiger charge is 2.29. The monoisotopic (exact) mass is 238 g/mol. The van der Waals surface area contributed by atoms with Crippen LogP contribution in [-0.4, -0.2) is 7.11 Å². The number of hydrogen-bond acceptors (Lipinski definition) is 3. The fourth-order valence-electron chi connectivity index (χ4n) is 1.85. The summed E-state index contributed by atoms with van der Waals surface area (Å²) < 4.78 is 5.10. The van der Waals surface area contributed by atoms with E-state index in [-0.39, 0.29) is 0 Å². The van der Waals surface area contributed by atoms with E-state index >= 15 is 0 Å². The highest BCUT2D eigenvalue weighted by atomic mass is 16.5. The predicted octanol–water partition coefficient (Wildman–Crippen LogP) is 2.42. The topological polar surface area (TPSA) is 59.0 Å². The molecule has 2 rings (SSSR count). The summed E-state index contributed by atoms with van der Waals surface area (Å²) in [6.07, 6.45) is 0. The number of ether oxygens (including phenoxy) is 1. The Morgan fingerprint density at radius 2 is 1.56 bits per heavy atom. The van der Waals surface area contributed by atoms with Gasteiger partial charge in [0, 0.05) is 0 Å². The van der Waals surface area contributed by atoms with E-state index in [4.69, 9.17) is 10.5 Å². The number of hydrogen-bond donors (Lipinski definition) is 1. The third-order valence-corrected chi connectivity index (χ3v) is 2.95. The predicted molar refractivity (Wildman–Crippen MR) is 70.0 cm³/mol. The van der Waals surface area contributed by atoms with Crippen LogP contribution in [0.2, 0.25) is 0 Å². The molecule has 3 nitrogen and oxygen atoms in total. The van der Waals surface area contributed by atoms with Crippen LogP contribution in [0, 0.1) is 11.3 Å². The molecule has 0 heterocycles. The van der Waals surface area contributed by atoms with Gasteiger partial charge in [0.15, 0.2) is 5.54 Å². The molecule has 0 amide bonds. The fraction of sp³-hybridized carbons (Fsp3) is 0.133. The number of nitriles is 1. The molecule has 3 heteroatoms. The summed E-state index contributed by atoms with van der Waals surface area (Å²) in [6, 6.07) is 18.8. The van der Waals surface area contributed by atoms with E-state index in [1.165, 1.54) is 0 Å². The van der Waals surface area contributed by atoms with E-state index < -0.39 is 5.54 Å². The van der Waals surface area contributed by atoms with Crippen LogP contribution in [0.5, 0.6) is 5.75 Å². The number of benzene rings is 2. The van der Waals surface area contributed by atoms with Crippen molar-refractivity contribution in [2.24, 2.45) is 5.73 Å². The Labute approximate surface area is 106 Å². The summed E-state index contributed by atoms with van der Waals surface area (Å²) in [4.78, 5) is 0. The van der Waals surface area contributed by atoms with E-state index in [1.807, 2.05) is 42.5 Å². The zero-order valence-corrected chi connectivity index (χ0v) is 10.1. The average molecular weight is 238 g/mol. The van der Waals surface area contributed by atoms with Crippen molar-refractivity contribution < 1.29 is 4.74 Å². The lowest BCUT2D eigenvalue weighted by Crippen LogP contribution is -2.36. The number of rotatable bonds is 3. The van der Waals surface area contributed by atoms with Crippen molar-refractivity contribution in [3.8, 4) is 11.8 Å². The second-order valence-electron chi connectivity index (χ2n) is 4.01. The van der Waals surface area contributed by atoms with Crippen molar-refractivity contribution >= 4 is 0 Å². The summed E-state index contributed by atoms with van der Waals surface area (Å²) in [5.74, 6) is 0.743. The van der Waals surface area contributed by atoms with Gasteiger partial charge >= 0.3 is 0 Å². The molecule has 0 bridgehead atoms. The third-order valence-electron chi connectivity index (χ3n) is 2.95. The summed E-state index contributed by atoms with van der Waals surface area (Å²) >= 11 is 0. The molecule has 0 saturated heterocycles. The first kappa shape index (κ1) is 12.2. The summed E-state index contributed by atoms with van der Waals surface area (Å²) in [6.45, 7) is 0. The van der Waals surface area contributed by atoms with Crippen molar-refractivity contribution in [2.45, 2.75) is 5.54 Å². The Hall–Kier alpha value is -2.31. The highest BCUT2D eigenvalue weighted by molar-refractivity contribution is 5.45. The van der Waals surface area contributed by atoms with Crippen molar-refractivity contribution in [3.63, 3.8) is 0 Å². The number of nitrogens with zero attached hydrogens (tertiary/aromatic N) is 1. The zero-order valence-electron chi connectivity index (χ0n) is 10.1. The van der Waals surface area contributed by atoms with E-state index in [9.17, 15) is 5.26 Å². The second kappa shape index (κ2) is 4.91. The van der Waals surface area contributed by atoms with Gasteiger partial charge in [0.25, 0.3) is 0 Å². The van der Waals surface area contributed by atoms with E-state index in [0.717, 1.165) is 16.9 Å². The summed E-state index contributed by atoms with van der Waals surface area (Å²) in [7, 11) is 1.60. The van der Waals surface area contributed by atoms with Crippen LogP contribution in [0.1, 0.15) is 11.1 Å². The molecule has 1 unspecified atom stereocenters. The van der Waals surface area contributed by atoms with Gasteiger partial charge in [-0.15, -0.1) is 0 Å². The van der Waals surface area contributed by atoms with Crippen molar-refractivity contribution in [1.82, 2.24) is 0 Å². The van der Waals surface area contributed by atoms with Crippen molar-refractivity contribution in [3.05, 3.63) is 65.7 Å². The van der Waals surface area contributed by atoms with Crippen molar-refractivity contribution in [2.75, 3.05) is 7.11 Å². The van der Waals surface area contributed by atoms with Crippen LogP contribution in [-0.2, 0) is 5.54 Å². The summed E-state index contributed by atoms with van der Waals surface area (Å²) in [5, 5.41) is 9.41. The molecule has 0 spiro atoms. The smallest absolute Gasteiger partial charge is 0.155 e. The molecule has 0 aliphatic carbocycles. The molecule has 0 fully saturated rings. The van der Waals surface area contributed by atoms with Crippen LogP contribution < -0.4 is 10.5 Å².